The molecular formula is C20H24ClFN6O2. The summed E-state index contributed by atoms with van der Waals surface area (Å²) in [6.45, 7) is 4.86. The molecule has 0 aliphatic carbocycles. The van der Waals surface area contributed by atoms with Crippen molar-refractivity contribution in [1.82, 2.24) is 19.6 Å². The average molecular weight is 435 g/mol. The zero-order valence-electron chi connectivity index (χ0n) is 17.0. The quantitative estimate of drug-likeness (QED) is 0.564. The molecule has 10 heteroatoms. The maximum atomic E-state index is 16.7. The fourth-order valence-electron chi connectivity index (χ4n) is 3.41. The van der Waals surface area contributed by atoms with Crippen molar-refractivity contribution in [3.05, 3.63) is 53.2 Å². The summed E-state index contributed by atoms with van der Waals surface area (Å²) in [7, 11) is 0. The van der Waals surface area contributed by atoms with Crippen LogP contribution in [-0.4, -0.2) is 49.3 Å². The second kappa shape index (κ2) is 8.16. The molecule has 0 aliphatic rings. The highest BCUT2D eigenvalue weighted by molar-refractivity contribution is 6.30. The molecule has 30 heavy (non-hydrogen) atoms. The molecule has 0 bridgehead atoms. The van der Waals surface area contributed by atoms with Gasteiger partial charge >= 0.3 is 0 Å². The van der Waals surface area contributed by atoms with Crippen LogP contribution in [0.1, 0.15) is 43.1 Å². The Bertz CT molecular complexity index is 1070. The number of alkyl halides is 1. The first-order chi connectivity index (χ1) is 14.1. The lowest BCUT2D eigenvalue weighted by Crippen LogP contribution is -2.52. The number of fused-ring (bicyclic) bond motifs is 1. The SMILES string of the molecule is CCCN(C[C@](F)(c1cnn2cc(Cl)cnc12)C(C)(C)O)c1ccncc1C(N)=O. The Morgan fingerprint density at radius 1 is 1.37 bits per heavy atom. The van der Waals surface area contributed by atoms with Crippen LogP contribution in [0.25, 0.3) is 5.65 Å². The van der Waals surface area contributed by atoms with Gasteiger partial charge in [-0.2, -0.15) is 5.10 Å². The summed E-state index contributed by atoms with van der Waals surface area (Å²) in [5.74, 6) is -0.667. The fourth-order valence-corrected chi connectivity index (χ4v) is 3.55. The number of amides is 1. The number of primary amides is 1. The monoisotopic (exact) mass is 434 g/mol. The first kappa shape index (κ1) is 21.9. The van der Waals surface area contributed by atoms with Crippen molar-refractivity contribution in [2.75, 3.05) is 18.0 Å². The molecule has 0 spiro atoms. The van der Waals surface area contributed by atoms with Crippen LogP contribution in [-0.2, 0) is 5.67 Å². The van der Waals surface area contributed by atoms with E-state index < -0.39 is 17.2 Å². The first-order valence-corrected chi connectivity index (χ1v) is 9.85. The Kier molecular flexibility index (Phi) is 5.96. The second-order valence-electron chi connectivity index (χ2n) is 7.64. The standard InChI is InChI=1S/C20H24ClFN6O2/c1-4-7-27(16-5-6-24-9-14(16)17(23)29)12-20(22,19(2,3)30)15-10-26-28-11-13(21)8-25-18(15)28/h5-6,8-11,30H,4,7,12H2,1-3H3,(H2,23,29)/t20-/m0/s1. The third-order valence-electron chi connectivity index (χ3n) is 5.03. The highest BCUT2D eigenvalue weighted by Crippen LogP contribution is 2.41. The van der Waals surface area contributed by atoms with Crippen LogP contribution >= 0.6 is 11.6 Å². The second-order valence-corrected chi connectivity index (χ2v) is 8.07. The smallest absolute Gasteiger partial charge is 0.252 e. The normalized spacial score (nSPS) is 13.9. The third-order valence-corrected chi connectivity index (χ3v) is 5.22. The van der Waals surface area contributed by atoms with E-state index in [4.69, 9.17) is 17.3 Å². The highest BCUT2D eigenvalue weighted by Gasteiger charge is 2.50. The minimum Gasteiger partial charge on any atom is -0.387 e. The number of carbonyl (C=O) groups is 1. The van der Waals surface area contributed by atoms with Gasteiger partial charge in [0.05, 0.1) is 46.4 Å². The van der Waals surface area contributed by atoms with E-state index in [1.165, 1.54) is 49.3 Å². The summed E-state index contributed by atoms with van der Waals surface area (Å²) >= 11 is 5.96. The minimum absolute atomic E-state index is 0.113. The van der Waals surface area contributed by atoms with Gasteiger partial charge in [-0.1, -0.05) is 18.5 Å². The number of aromatic nitrogens is 4. The number of pyridine rings is 1. The Morgan fingerprint density at radius 3 is 2.73 bits per heavy atom. The van der Waals surface area contributed by atoms with E-state index in [2.05, 4.69) is 15.1 Å². The molecule has 3 aromatic rings. The van der Waals surface area contributed by atoms with Gasteiger partial charge < -0.3 is 15.7 Å². The molecule has 1 atom stereocenters. The summed E-state index contributed by atoms with van der Waals surface area (Å²) in [5.41, 5.74) is 2.38. The number of nitrogens with zero attached hydrogens (tertiary/aromatic N) is 5. The van der Waals surface area contributed by atoms with Gasteiger partial charge in [0.25, 0.3) is 5.91 Å². The molecule has 0 radical (unpaired) electrons. The van der Waals surface area contributed by atoms with Crippen molar-refractivity contribution in [3.8, 4) is 0 Å². The van der Waals surface area contributed by atoms with Crippen LogP contribution in [0, 0.1) is 0 Å². The summed E-state index contributed by atoms with van der Waals surface area (Å²) in [6, 6.07) is 1.61. The van der Waals surface area contributed by atoms with E-state index in [0.717, 1.165) is 0 Å². The maximum Gasteiger partial charge on any atom is 0.252 e. The number of anilines is 1. The first-order valence-electron chi connectivity index (χ1n) is 9.48. The maximum absolute atomic E-state index is 16.7. The molecule has 0 saturated carbocycles. The predicted octanol–water partition coefficient (Wildman–Crippen LogP) is 2.73. The third kappa shape index (κ3) is 3.95. The van der Waals surface area contributed by atoms with E-state index in [9.17, 15) is 9.90 Å². The topological polar surface area (TPSA) is 110 Å². The number of hydrogen-bond acceptors (Lipinski definition) is 6. The van der Waals surface area contributed by atoms with Crippen molar-refractivity contribution >= 4 is 28.8 Å². The van der Waals surface area contributed by atoms with Crippen LogP contribution in [0.15, 0.2) is 37.1 Å². The van der Waals surface area contributed by atoms with E-state index in [1.807, 2.05) is 6.92 Å². The van der Waals surface area contributed by atoms with Gasteiger partial charge in [0.2, 0.25) is 0 Å². The molecule has 3 N–H and O–H groups in total. The van der Waals surface area contributed by atoms with Crippen molar-refractivity contribution < 1.29 is 14.3 Å². The van der Waals surface area contributed by atoms with Gasteiger partial charge in [0.15, 0.2) is 11.3 Å². The number of halogens is 2. The molecule has 3 rings (SSSR count). The van der Waals surface area contributed by atoms with E-state index >= 15 is 4.39 Å². The lowest BCUT2D eigenvalue weighted by atomic mass is 9.81. The number of aliphatic hydroxyl groups is 1. The van der Waals surface area contributed by atoms with Gasteiger partial charge in [-0.05, 0) is 26.3 Å². The number of carbonyl (C=O) groups excluding carboxylic acids is 1. The van der Waals surface area contributed by atoms with Gasteiger partial charge in [-0.3, -0.25) is 9.78 Å². The van der Waals surface area contributed by atoms with E-state index in [0.29, 0.717) is 23.7 Å². The molecule has 0 aliphatic heterocycles. The van der Waals surface area contributed by atoms with Crippen molar-refractivity contribution in [2.24, 2.45) is 5.73 Å². The highest BCUT2D eigenvalue weighted by atomic mass is 35.5. The average Bonchev–Trinajstić information content (AvgIpc) is 3.10. The summed E-state index contributed by atoms with van der Waals surface area (Å²) in [4.78, 5) is 21.7. The molecule has 0 unspecified atom stereocenters. The van der Waals surface area contributed by atoms with Gasteiger partial charge in [0, 0.05) is 25.1 Å². The largest absolute Gasteiger partial charge is 0.387 e. The molecule has 160 valence electrons. The Balaban J connectivity index is 2.14. The number of hydrogen-bond donors (Lipinski definition) is 2. The van der Waals surface area contributed by atoms with Crippen molar-refractivity contribution in [1.29, 1.82) is 0 Å². The lowest BCUT2D eigenvalue weighted by molar-refractivity contribution is -0.0774. The molecule has 3 aromatic heterocycles. The zero-order chi connectivity index (χ0) is 22.1. The fraction of sp³-hybridized carbons (Fsp3) is 0.400. The number of rotatable bonds is 8. The molecular weight excluding hydrogens is 411 g/mol. The summed E-state index contributed by atoms with van der Waals surface area (Å²) < 4.78 is 18.1. The lowest BCUT2D eigenvalue weighted by Gasteiger charge is -2.40. The summed E-state index contributed by atoms with van der Waals surface area (Å²) in [5, 5.41) is 15.4. The molecule has 8 nitrogen and oxygen atoms in total. The number of nitrogens with two attached hydrogens (primary N) is 1. The Morgan fingerprint density at radius 2 is 2.10 bits per heavy atom. The van der Waals surface area contributed by atoms with Gasteiger partial charge in [-0.25, -0.2) is 13.9 Å². The van der Waals surface area contributed by atoms with Crippen LogP contribution in [0.4, 0.5) is 10.1 Å². The molecule has 0 fully saturated rings. The van der Waals surface area contributed by atoms with Crippen molar-refractivity contribution in [3.63, 3.8) is 0 Å². The van der Waals surface area contributed by atoms with Crippen LogP contribution in [0.3, 0.4) is 0 Å². The van der Waals surface area contributed by atoms with E-state index in [-0.39, 0.29) is 23.3 Å². The zero-order valence-corrected chi connectivity index (χ0v) is 17.8. The minimum atomic E-state index is -2.29. The van der Waals surface area contributed by atoms with Crippen LogP contribution < -0.4 is 10.6 Å². The molecule has 0 saturated heterocycles. The predicted molar refractivity (Wildman–Crippen MR) is 112 cm³/mol. The van der Waals surface area contributed by atoms with Crippen LogP contribution in [0.5, 0.6) is 0 Å². The molecule has 1 amide bonds. The Labute approximate surface area is 178 Å². The molecule has 0 aromatic carbocycles. The summed E-state index contributed by atoms with van der Waals surface area (Å²) in [6.07, 6.45) is 7.77. The van der Waals surface area contributed by atoms with Crippen LogP contribution in [0.2, 0.25) is 5.02 Å². The Hall–Kier alpha value is -2.78. The molecule has 3 heterocycles. The van der Waals surface area contributed by atoms with Crippen molar-refractivity contribution in [2.45, 2.75) is 38.5 Å². The van der Waals surface area contributed by atoms with E-state index in [1.54, 1.807) is 11.0 Å². The van der Waals surface area contributed by atoms with Gasteiger partial charge in [-0.15, -0.1) is 0 Å². The van der Waals surface area contributed by atoms with Gasteiger partial charge in [0.1, 0.15) is 0 Å².